The number of benzene rings is 1. The number of fused-ring (bicyclic) bond motifs is 2. The largest absolute Gasteiger partial charge is 0.461 e. The highest BCUT2D eigenvalue weighted by Gasteiger charge is 2.73. The minimum absolute atomic E-state index is 0.0411. The summed E-state index contributed by atoms with van der Waals surface area (Å²) < 4.78 is 30.0. The van der Waals surface area contributed by atoms with Crippen molar-refractivity contribution in [3.63, 3.8) is 0 Å². The second kappa shape index (κ2) is 15.1. The lowest BCUT2D eigenvalue weighted by molar-refractivity contribution is -0.211. The summed E-state index contributed by atoms with van der Waals surface area (Å²) in [5.41, 5.74) is -3.39. The zero-order valence-corrected chi connectivity index (χ0v) is 31.8. The number of nitrogens with zero attached hydrogens (tertiary/aromatic N) is 1. The van der Waals surface area contributed by atoms with Crippen LogP contribution in [-0.2, 0) is 47.7 Å². The van der Waals surface area contributed by atoms with E-state index in [-0.39, 0.29) is 36.5 Å². The summed E-state index contributed by atoms with van der Waals surface area (Å²) in [6.07, 6.45) is -8.17. The molecule has 1 aromatic carbocycles. The molecule has 10 unspecified atom stereocenters. The first-order chi connectivity index (χ1) is 24.1. The average Bonchev–Trinajstić information content (AvgIpc) is 3.28. The molecular weight excluding hydrogens is 674 g/mol. The van der Waals surface area contributed by atoms with Gasteiger partial charge in [0.15, 0.2) is 12.2 Å². The Morgan fingerprint density at radius 1 is 0.885 bits per heavy atom. The molecule has 4 rings (SSSR count). The van der Waals surface area contributed by atoms with E-state index in [0.717, 1.165) is 5.56 Å². The molecule has 0 saturated heterocycles. The van der Waals surface area contributed by atoms with E-state index >= 15 is 0 Å². The van der Waals surface area contributed by atoms with Crippen LogP contribution in [0.1, 0.15) is 86.3 Å². The maximum Gasteiger partial charge on any atom is 0.308 e. The molecule has 0 amide bonds. The molecule has 3 aliphatic carbocycles. The van der Waals surface area contributed by atoms with E-state index in [1.807, 2.05) is 49.3 Å². The lowest BCUT2D eigenvalue weighted by Gasteiger charge is -2.55. The third-order valence-corrected chi connectivity index (χ3v) is 11.2. The first kappa shape index (κ1) is 40.7. The molecule has 10 atom stereocenters. The predicted molar refractivity (Wildman–Crippen MR) is 187 cm³/mol. The number of aliphatic hydroxyl groups is 2. The van der Waals surface area contributed by atoms with Crippen LogP contribution in [0.4, 0.5) is 0 Å². The van der Waals surface area contributed by atoms with Gasteiger partial charge in [-0.25, -0.2) is 0 Å². The Balaban J connectivity index is 1.97. The monoisotopic (exact) mass is 727 g/mol. The Bertz CT molecular complexity index is 1610. The minimum Gasteiger partial charge on any atom is -0.461 e. The van der Waals surface area contributed by atoms with Crippen molar-refractivity contribution < 1.29 is 57.9 Å². The molecule has 0 radical (unpaired) electrons. The van der Waals surface area contributed by atoms with Crippen molar-refractivity contribution in [2.45, 2.75) is 123 Å². The minimum atomic E-state index is -1.81. The molecule has 52 heavy (non-hydrogen) atoms. The number of rotatable bonds is 10. The van der Waals surface area contributed by atoms with Gasteiger partial charge in [0.05, 0.1) is 23.5 Å². The maximum absolute atomic E-state index is 13.7. The lowest BCUT2D eigenvalue weighted by Crippen LogP contribution is -2.63. The topological polar surface area (TPSA) is 175 Å². The fourth-order valence-electron chi connectivity index (χ4n) is 8.93. The molecule has 2 N–H and O–H groups in total. The van der Waals surface area contributed by atoms with Gasteiger partial charge in [-0.3, -0.25) is 24.0 Å². The van der Waals surface area contributed by atoms with Gasteiger partial charge in [0.2, 0.25) is 0 Å². The molecule has 13 nitrogen and oxygen atoms in total. The van der Waals surface area contributed by atoms with Crippen molar-refractivity contribution in [3.05, 3.63) is 59.2 Å². The number of carbonyl (C=O) groups excluding carboxylic acids is 5. The number of aliphatic hydroxyl groups excluding tert-OH is 1. The SMILES string of the molecule is C=C1C(OC(=O)CC(c2ccccc2)N(C)C)CC(O)C2(C)C(OC(C)=O)C(OC(C)=O)C3=C(C)C(OC(C)=O)CC3(C(C)(C)O)C(OC(C)=O)C12. The number of hydrogen-bond acceptors (Lipinski definition) is 13. The second-order valence-corrected chi connectivity index (χ2v) is 15.3. The molecule has 0 aromatic heterocycles. The summed E-state index contributed by atoms with van der Waals surface area (Å²) in [4.78, 5) is 66.9. The Morgan fingerprint density at radius 3 is 1.92 bits per heavy atom. The Kier molecular flexibility index (Phi) is 11.8. The normalized spacial score (nSPS) is 32.2. The quantitative estimate of drug-likeness (QED) is 0.203. The summed E-state index contributed by atoms with van der Waals surface area (Å²) in [6.45, 7) is 15.4. The fraction of sp³-hybridized carbons (Fsp3) is 0.615. The van der Waals surface area contributed by atoms with E-state index in [4.69, 9.17) is 23.7 Å². The fourth-order valence-corrected chi connectivity index (χ4v) is 8.93. The van der Waals surface area contributed by atoms with Crippen molar-refractivity contribution in [2.24, 2.45) is 16.7 Å². The highest BCUT2D eigenvalue weighted by Crippen LogP contribution is 2.66. The zero-order chi connectivity index (χ0) is 39.1. The highest BCUT2D eigenvalue weighted by atomic mass is 16.6. The van der Waals surface area contributed by atoms with Crippen molar-refractivity contribution in [3.8, 4) is 0 Å². The molecule has 0 spiro atoms. The van der Waals surface area contributed by atoms with Gasteiger partial charge in [0.25, 0.3) is 0 Å². The molecule has 3 aliphatic rings. The third-order valence-electron chi connectivity index (χ3n) is 11.2. The van der Waals surface area contributed by atoms with Crippen LogP contribution < -0.4 is 0 Å². The zero-order valence-electron chi connectivity index (χ0n) is 31.8. The summed E-state index contributed by atoms with van der Waals surface area (Å²) in [5.74, 6) is -4.68. The van der Waals surface area contributed by atoms with Gasteiger partial charge in [-0.15, -0.1) is 0 Å². The number of esters is 5. The number of ether oxygens (including phenoxy) is 5. The van der Waals surface area contributed by atoms with Crippen LogP contribution in [0.3, 0.4) is 0 Å². The van der Waals surface area contributed by atoms with Crippen LogP contribution in [-0.4, -0.2) is 101 Å². The molecule has 286 valence electrons. The molecule has 2 fully saturated rings. The van der Waals surface area contributed by atoms with E-state index in [1.165, 1.54) is 41.5 Å². The summed E-state index contributed by atoms with van der Waals surface area (Å²) >= 11 is 0. The number of hydrogen-bond donors (Lipinski definition) is 2. The molecule has 2 saturated carbocycles. The van der Waals surface area contributed by atoms with Crippen LogP contribution in [0.15, 0.2) is 53.6 Å². The van der Waals surface area contributed by atoms with Gasteiger partial charge in [0.1, 0.15) is 18.3 Å². The van der Waals surface area contributed by atoms with E-state index < -0.39 is 88.8 Å². The van der Waals surface area contributed by atoms with Crippen molar-refractivity contribution >= 4 is 29.8 Å². The van der Waals surface area contributed by atoms with Gasteiger partial charge in [-0.2, -0.15) is 0 Å². The molecule has 0 bridgehead atoms. The van der Waals surface area contributed by atoms with Gasteiger partial charge >= 0.3 is 29.8 Å². The first-order valence-corrected chi connectivity index (χ1v) is 17.5. The third kappa shape index (κ3) is 7.40. The molecule has 0 aliphatic heterocycles. The van der Waals surface area contributed by atoms with E-state index in [2.05, 4.69) is 6.58 Å². The van der Waals surface area contributed by atoms with Crippen molar-refractivity contribution in [1.82, 2.24) is 4.90 Å². The molecule has 0 heterocycles. The van der Waals surface area contributed by atoms with Gasteiger partial charge in [-0.1, -0.05) is 43.8 Å². The maximum atomic E-state index is 13.7. The van der Waals surface area contributed by atoms with Crippen LogP contribution in [0.25, 0.3) is 0 Å². The summed E-state index contributed by atoms with van der Waals surface area (Å²) in [5, 5.41) is 24.6. The second-order valence-electron chi connectivity index (χ2n) is 15.3. The molecule has 1 aromatic rings. The van der Waals surface area contributed by atoms with Crippen molar-refractivity contribution in [2.75, 3.05) is 14.1 Å². The van der Waals surface area contributed by atoms with Gasteiger partial charge in [-0.05, 0) is 57.1 Å². The Morgan fingerprint density at radius 2 is 1.42 bits per heavy atom. The molecule has 13 heteroatoms. The van der Waals surface area contributed by atoms with E-state index in [0.29, 0.717) is 5.57 Å². The van der Waals surface area contributed by atoms with Gasteiger partial charge in [0, 0.05) is 57.9 Å². The van der Waals surface area contributed by atoms with Gasteiger partial charge < -0.3 is 38.8 Å². The number of carbonyl (C=O) groups is 5. The Hall–Kier alpha value is -4.07. The van der Waals surface area contributed by atoms with E-state index in [9.17, 15) is 34.2 Å². The van der Waals surface area contributed by atoms with Crippen LogP contribution in [0, 0.1) is 16.7 Å². The highest BCUT2D eigenvalue weighted by molar-refractivity contribution is 5.72. The smallest absolute Gasteiger partial charge is 0.308 e. The Labute approximate surface area is 305 Å². The van der Waals surface area contributed by atoms with Crippen LogP contribution >= 0.6 is 0 Å². The molecular formula is C39H53NO12. The lowest BCUT2D eigenvalue weighted by atomic mass is 9.54. The standard InChI is InChI=1S/C39H53NO12/c1-20-28(52-31(46)17-27(40(10)11)26-15-13-12-14-16-26)18-30(45)38(9)33(20)35(50-24(5)43)39(37(7,8)47)19-29(48-22(3)41)21(2)32(39)34(49-23(4)42)36(38)51-25(6)44/h12-16,27-30,33-36,45,47H,1,17-19H2,2-11H3. The summed E-state index contributed by atoms with van der Waals surface area (Å²) in [7, 11) is 3.69. The first-order valence-electron chi connectivity index (χ1n) is 17.5. The predicted octanol–water partition coefficient (Wildman–Crippen LogP) is 3.75. The summed E-state index contributed by atoms with van der Waals surface area (Å²) in [6, 6.07) is 9.10. The van der Waals surface area contributed by atoms with Crippen LogP contribution in [0.2, 0.25) is 0 Å². The van der Waals surface area contributed by atoms with E-state index in [1.54, 1.807) is 13.8 Å². The average molecular weight is 728 g/mol. The van der Waals surface area contributed by atoms with Crippen molar-refractivity contribution in [1.29, 1.82) is 0 Å². The van der Waals surface area contributed by atoms with Crippen LogP contribution in [0.5, 0.6) is 0 Å².